The molecule has 0 aromatic heterocycles. The lowest BCUT2D eigenvalue weighted by Crippen LogP contribution is -2.08. The van der Waals surface area contributed by atoms with E-state index in [2.05, 4.69) is 16.9 Å². The molecule has 0 aromatic rings. The summed E-state index contributed by atoms with van der Waals surface area (Å²) in [6.45, 7) is 2.12. The average Bonchev–Trinajstić information content (AvgIpc) is 2.10. The molecule has 0 rings (SSSR count). The van der Waals surface area contributed by atoms with Crippen LogP contribution in [0.15, 0.2) is 5.11 Å². The highest BCUT2D eigenvalue weighted by atomic mass is 16.3. The molecule has 0 bridgehead atoms. The predicted molar refractivity (Wildman–Crippen MR) is 48.8 cm³/mol. The van der Waals surface area contributed by atoms with Crippen LogP contribution in [0.2, 0.25) is 0 Å². The number of azide groups is 1. The largest absolute Gasteiger partial charge is 0.396 e. The maximum Gasteiger partial charge on any atom is 0.0605 e. The molecule has 0 aliphatic carbocycles. The van der Waals surface area contributed by atoms with Crippen molar-refractivity contribution in [2.45, 2.75) is 45.1 Å². The molecule has 1 N–H and O–H groups in total. The van der Waals surface area contributed by atoms with Gasteiger partial charge in [-0.05, 0) is 12.0 Å². The quantitative estimate of drug-likeness (QED) is 0.272. The van der Waals surface area contributed by atoms with Crippen LogP contribution in [0.4, 0.5) is 0 Å². The van der Waals surface area contributed by atoms with Crippen LogP contribution < -0.4 is 0 Å². The van der Waals surface area contributed by atoms with Gasteiger partial charge in [-0.2, -0.15) is 0 Å². The zero-order valence-corrected chi connectivity index (χ0v) is 7.61. The van der Waals surface area contributed by atoms with Crippen LogP contribution >= 0.6 is 0 Å². The second kappa shape index (κ2) is 8.37. The van der Waals surface area contributed by atoms with Crippen molar-refractivity contribution in [3.63, 3.8) is 0 Å². The molecule has 0 radical (unpaired) electrons. The summed E-state index contributed by atoms with van der Waals surface area (Å²) in [6.07, 6.45) is 5.42. The van der Waals surface area contributed by atoms with Crippen molar-refractivity contribution < 1.29 is 5.11 Å². The van der Waals surface area contributed by atoms with Crippen molar-refractivity contribution in [2.75, 3.05) is 6.61 Å². The standard InChI is InChI=1S/C8H17N3O/c1-2-3-4-5-6-8(7-12)10-11-9/h8,12H,2-7H2,1H3/t8-/m1/s1. The molecule has 0 saturated carbocycles. The summed E-state index contributed by atoms with van der Waals surface area (Å²) in [6, 6.07) is -0.216. The van der Waals surface area contributed by atoms with E-state index in [1.165, 1.54) is 12.8 Å². The lowest BCUT2D eigenvalue weighted by Gasteiger charge is -2.05. The Bertz CT molecular complexity index is 143. The van der Waals surface area contributed by atoms with Crippen LogP contribution in [0.5, 0.6) is 0 Å². The number of rotatable bonds is 7. The van der Waals surface area contributed by atoms with Crippen molar-refractivity contribution in [2.24, 2.45) is 5.11 Å². The summed E-state index contributed by atoms with van der Waals surface area (Å²) < 4.78 is 0. The normalized spacial score (nSPS) is 12.2. The Kier molecular flexibility index (Phi) is 7.86. The smallest absolute Gasteiger partial charge is 0.0605 e. The molecule has 0 amide bonds. The van der Waals surface area contributed by atoms with E-state index < -0.39 is 0 Å². The zero-order valence-electron chi connectivity index (χ0n) is 7.61. The number of hydrogen-bond donors (Lipinski definition) is 1. The maximum absolute atomic E-state index is 8.75. The molecule has 0 aliphatic heterocycles. The van der Waals surface area contributed by atoms with Crippen LogP contribution in [0.3, 0.4) is 0 Å². The fourth-order valence-corrected chi connectivity index (χ4v) is 1.07. The minimum absolute atomic E-state index is 0.0316. The van der Waals surface area contributed by atoms with E-state index in [1.807, 2.05) is 0 Å². The third-order valence-corrected chi connectivity index (χ3v) is 1.82. The van der Waals surface area contributed by atoms with Gasteiger partial charge in [0.05, 0.1) is 12.6 Å². The summed E-state index contributed by atoms with van der Waals surface area (Å²) in [5.41, 5.74) is 8.12. The zero-order chi connectivity index (χ0) is 9.23. The Balaban J connectivity index is 3.38. The Hall–Kier alpha value is -0.730. The van der Waals surface area contributed by atoms with Crippen molar-refractivity contribution in [3.8, 4) is 0 Å². The average molecular weight is 171 g/mol. The van der Waals surface area contributed by atoms with Gasteiger partial charge in [-0.25, -0.2) is 0 Å². The van der Waals surface area contributed by atoms with Crippen LogP contribution in [0, 0.1) is 0 Å². The van der Waals surface area contributed by atoms with E-state index in [0.29, 0.717) is 0 Å². The number of aliphatic hydroxyl groups excluding tert-OH is 1. The molecule has 0 aliphatic rings. The van der Waals surface area contributed by atoms with Gasteiger partial charge in [0.2, 0.25) is 0 Å². The molecule has 4 heteroatoms. The predicted octanol–water partition coefficient (Wildman–Crippen LogP) is 2.63. The summed E-state index contributed by atoms with van der Waals surface area (Å²) >= 11 is 0. The molecular weight excluding hydrogens is 154 g/mol. The van der Waals surface area contributed by atoms with Crippen molar-refractivity contribution in [3.05, 3.63) is 10.4 Å². The van der Waals surface area contributed by atoms with Crippen molar-refractivity contribution >= 4 is 0 Å². The SMILES string of the molecule is CCCCCC[C@H](CO)N=[N+]=[N-]. The van der Waals surface area contributed by atoms with E-state index in [0.717, 1.165) is 19.3 Å². The molecule has 0 heterocycles. The van der Waals surface area contributed by atoms with E-state index in [1.54, 1.807) is 0 Å². The summed E-state index contributed by atoms with van der Waals surface area (Å²) in [7, 11) is 0. The molecule has 4 nitrogen and oxygen atoms in total. The first kappa shape index (κ1) is 11.3. The second-order valence-electron chi connectivity index (χ2n) is 2.89. The topological polar surface area (TPSA) is 69.0 Å². The highest BCUT2D eigenvalue weighted by Gasteiger charge is 2.02. The Morgan fingerprint density at radius 2 is 2.17 bits per heavy atom. The van der Waals surface area contributed by atoms with Gasteiger partial charge in [0, 0.05) is 4.91 Å². The van der Waals surface area contributed by atoms with Crippen LogP contribution in [-0.2, 0) is 0 Å². The van der Waals surface area contributed by atoms with Gasteiger partial charge in [-0.15, -0.1) is 0 Å². The molecule has 0 unspecified atom stereocenters. The fraction of sp³-hybridized carbons (Fsp3) is 1.00. The highest BCUT2D eigenvalue weighted by molar-refractivity contribution is 4.65. The van der Waals surface area contributed by atoms with Gasteiger partial charge in [-0.3, -0.25) is 0 Å². The van der Waals surface area contributed by atoms with E-state index in [-0.39, 0.29) is 12.6 Å². The lowest BCUT2D eigenvalue weighted by atomic mass is 10.1. The van der Waals surface area contributed by atoms with Crippen molar-refractivity contribution in [1.29, 1.82) is 0 Å². The minimum Gasteiger partial charge on any atom is -0.396 e. The third kappa shape index (κ3) is 6.01. The maximum atomic E-state index is 8.75. The fourth-order valence-electron chi connectivity index (χ4n) is 1.07. The number of hydrogen-bond acceptors (Lipinski definition) is 2. The monoisotopic (exact) mass is 171 g/mol. The minimum atomic E-state index is -0.216. The molecule has 1 atom stereocenters. The molecule has 0 saturated heterocycles. The Morgan fingerprint density at radius 3 is 2.67 bits per heavy atom. The molecule has 70 valence electrons. The molecule has 0 fully saturated rings. The number of nitrogens with zero attached hydrogens (tertiary/aromatic N) is 3. The Morgan fingerprint density at radius 1 is 1.42 bits per heavy atom. The first-order chi connectivity index (χ1) is 5.85. The Labute approximate surface area is 73.2 Å². The van der Waals surface area contributed by atoms with Crippen LogP contribution in [0.1, 0.15) is 39.0 Å². The lowest BCUT2D eigenvalue weighted by molar-refractivity contribution is 0.257. The molecule has 0 spiro atoms. The van der Waals surface area contributed by atoms with Gasteiger partial charge in [0.25, 0.3) is 0 Å². The van der Waals surface area contributed by atoms with Gasteiger partial charge in [0.15, 0.2) is 0 Å². The highest BCUT2D eigenvalue weighted by Crippen LogP contribution is 2.07. The summed E-state index contributed by atoms with van der Waals surface area (Å²) in [5.74, 6) is 0. The van der Waals surface area contributed by atoms with Crippen molar-refractivity contribution in [1.82, 2.24) is 0 Å². The van der Waals surface area contributed by atoms with Gasteiger partial charge < -0.3 is 5.11 Å². The van der Waals surface area contributed by atoms with Gasteiger partial charge in [0.1, 0.15) is 0 Å². The first-order valence-electron chi connectivity index (χ1n) is 4.50. The summed E-state index contributed by atoms with van der Waals surface area (Å²) in [5, 5.41) is 12.2. The van der Waals surface area contributed by atoms with Crippen LogP contribution in [0.25, 0.3) is 10.4 Å². The van der Waals surface area contributed by atoms with E-state index in [9.17, 15) is 0 Å². The molecule has 12 heavy (non-hydrogen) atoms. The molecule has 0 aromatic carbocycles. The van der Waals surface area contributed by atoms with Crippen LogP contribution in [-0.4, -0.2) is 17.8 Å². The number of aliphatic hydroxyl groups is 1. The second-order valence-corrected chi connectivity index (χ2v) is 2.89. The van der Waals surface area contributed by atoms with Gasteiger partial charge in [-0.1, -0.05) is 37.7 Å². The van der Waals surface area contributed by atoms with E-state index in [4.69, 9.17) is 10.6 Å². The molecular formula is C8H17N3O. The van der Waals surface area contributed by atoms with E-state index >= 15 is 0 Å². The third-order valence-electron chi connectivity index (χ3n) is 1.82. The first-order valence-corrected chi connectivity index (χ1v) is 4.50. The van der Waals surface area contributed by atoms with Gasteiger partial charge >= 0.3 is 0 Å². The summed E-state index contributed by atoms with van der Waals surface area (Å²) in [4.78, 5) is 2.67. The number of unbranched alkanes of at least 4 members (excludes halogenated alkanes) is 3.